The molecule has 0 heterocycles. The van der Waals surface area contributed by atoms with Gasteiger partial charge in [-0.05, 0) is 29.4 Å². The van der Waals surface area contributed by atoms with Crippen molar-refractivity contribution in [3.05, 3.63) is 58.2 Å². The highest BCUT2D eigenvalue weighted by atomic mass is 127. The Balaban J connectivity index is 2.21. The molecule has 0 aromatic rings. The Hall–Kier alpha value is -0.0900. The summed E-state index contributed by atoms with van der Waals surface area (Å²) in [7, 11) is 0. The molecule has 19 heavy (non-hydrogen) atoms. The fourth-order valence-corrected chi connectivity index (χ4v) is 3.17. The molecular weight excluding hydrogens is 411 g/mol. The summed E-state index contributed by atoms with van der Waals surface area (Å²) >= 11 is 5.93. The van der Waals surface area contributed by atoms with Crippen molar-refractivity contribution in [1.82, 2.24) is 0 Å². The van der Waals surface area contributed by atoms with Crippen LogP contribution in [0.1, 0.15) is 20.3 Å². The molecule has 3 atom stereocenters. The summed E-state index contributed by atoms with van der Waals surface area (Å²) in [5, 5.41) is 0. The minimum Gasteiger partial charge on any atom is -0.0818 e. The van der Waals surface area contributed by atoms with E-state index in [1.165, 1.54) is 15.6 Å². The third kappa shape index (κ3) is 3.94. The molecule has 0 aromatic carbocycles. The average molecular weight is 431 g/mol. The second-order valence-corrected chi connectivity index (χ2v) is 7.10. The molecule has 0 aromatic heterocycles. The van der Waals surface area contributed by atoms with Crippen LogP contribution in [-0.2, 0) is 0 Å². The van der Waals surface area contributed by atoms with Crippen LogP contribution in [0.5, 0.6) is 0 Å². The maximum absolute atomic E-state index is 3.53. The molecule has 0 nitrogen and oxygen atoms in total. The van der Waals surface area contributed by atoms with E-state index >= 15 is 0 Å². The summed E-state index contributed by atoms with van der Waals surface area (Å²) < 4.78 is 2.28. The number of hydrogen-bond donors (Lipinski definition) is 0. The van der Waals surface area contributed by atoms with Crippen LogP contribution in [0.3, 0.4) is 0 Å². The van der Waals surface area contributed by atoms with E-state index in [9.17, 15) is 0 Å². The van der Waals surface area contributed by atoms with Crippen molar-refractivity contribution in [2.75, 3.05) is 4.43 Å². The highest BCUT2D eigenvalue weighted by Gasteiger charge is 2.22. The molecule has 0 saturated carbocycles. The van der Waals surface area contributed by atoms with E-state index in [0.717, 1.165) is 10.8 Å². The summed E-state index contributed by atoms with van der Waals surface area (Å²) in [6, 6.07) is 0. The van der Waals surface area contributed by atoms with E-state index in [1.54, 1.807) is 0 Å². The van der Waals surface area contributed by atoms with Crippen LogP contribution in [0.25, 0.3) is 0 Å². The van der Waals surface area contributed by atoms with Crippen molar-refractivity contribution < 1.29 is 0 Å². The Morgan fingerprint density at radius 3 is 2.84 bits per heavy atom. The van der Waals surface area contributed by atoms with Crippen molar-refractivity contribution in [2.45, 2.75) is 20.3 Å². The van der Waals surface area contributed by atoms with Crippen molar-refractivity contribution in [3.63, 3.8) is 0 Å². The predicted molar refractivity (Wildman–Crippen MR) is 96.8 cm³/mol. The molecule has 1 unspecified atom stereocenters. The molecule has 0 N–H and O–H groups in total. The zero-order chi connectivity index (χ0) is 13.8. The molecular formula is C17H20BrI. The van der Waals surface area contributed by atoms with Crippen LogP contribution in [-0.4, -0.2) is 4.43 Å². The van der Waals surface area contributed by atoms with Crippen LogP contribution >= 0.6 is 38.5 Å². The van der Waals surface area contributed by atoms with Gasteiger partial charge < -0.3 is 0 Å². The summed E-state index contributed by atoms with van der Waals surface area (Å²) in [6.07, 6.45) is 17.3. The van der Waals surface area contributed by atoms with Gasteiger partial charge in [-0.1, -0.05) is 94.9 Å². The van der Waals surface area contributed by atoms with Gasteiger partial charge in [0.15, 0.2) is 0 Å². The minimum absolute atomic E-state index is 0.541. The third-order valence-electron chi connectivity index (χ3n) is 3.99. The van der Waals surface area contributed by atoms with Crippen LogP contribution in [0.15, 0.2) is 58.2 Å². The van der Waals surface area contributed by atoms with Gasteiger partial charge in [0.1, 0.15) is 0 Å². The Kier molecular flexibility index (Phi) is 5.70. The van der Waals surface area contributed by atoms with Gasteiger partial charge in [0.2, 0.25) is 0 Å². The van der Waals surface area contributed by atoms with Gasteiger partial charge in [-0.25, -0.2) is 0 Å². The zero-order valence-electron chi connectivity index (χ0n) is 11.4. The molecule has 102 valence electrons. The largest absolute Gasteiger partial charge is 0.0818 e. The van der Waals surface area contributed by atoms with Gasteiger partial charge in [-0.2, -0.15) is 0 Å². The van der Waals surface area contributed by atoms with Gasteiger partial charge >= 0.3 is 0 Å². The second kappa shape index (κ2) is 7.07. The van der Waals surface area contributed by atoms with Crippen LogP contribution in [0.4, 0.5) is 0 Å². The molecule has 0 spiro atoms. The molecule has 2 aliphatic rings. The predicted octanol–water partition coefficient (Wildman–Crippen LogP) is 5.97. The van der Waals surface area contributed by atoms with E-state index in [-0.39, 0.29) is 0 Å². The highest BCUT2D eigenvalue weighted by molar-refractivity contribution is 14.1. The number of allylic oxidation sites excluding steroid dienone is 10. The molecule has 0 saturated heterocycles. The van der Waals surface area contributed by atoms with E-state index in [1.807, 2.05) is 0 Å². The lowest BCUT2D eigenvalue weighted by atomic mass is 9.78. The fourth-order valence-electron chi connectivity index (χ4n) is 2.58. The SMILES string of the molecule is C[C@@H]1C(/C=C\CI)=CC(C2C=CC(Br)=CC2)=C[C@@H]1C. The maximum atomic E-state index is 3.53. The van der Waals surface area contributed by atoms with E-state index in [2.05, 4.69) is 94.9 Å². The Bertz CT molecular complexity index is 479. The number of halogens is 2. The van der Waals surface area contributed by atoms with Gasteiger partial charge in [-0.15, -0.1) is 0 Å². The molecule has 2 heteroatoms. The monoisotopic (exact) mass is 430 g/mol. The zero-order valence-corrected chi connectivity index (χ0v) is 15.2. The van der Waals surface area contributed by atoms with Crippen LogP contribution in [0, 0.1) is 17.8 Å². The fraction of sp³-hybridized carbons (Fsp3) is 0.412. The Labute approximate surface area is 138 Å². The Morgan fingerprint density at radius 1 is 1.42 bits per heavy atom. The molecule has 0 fully saturated rings. The number of rotatable bonds is 3. The van der Waals surface area contributed by atoms with Crippen molar-refractivity contribution >= 4 is 38.5 Å². The van der Waals surface area contributed by atoms with Gasteiger partial charge in [0.05, 0.1) is 0 Å². The Morgan fingerprint density at radius 2 is 2.21 bits per heavy atom. The molecule has 0 amide bonds. The number of alkyl halides is 1. The molecule has 0 aliphatic heterocycles. The first-order chi connectivity index (χ1) is 9.11. The lowest BCUT2D eigenvalue weighted by Crippen LogP contribution is -2.15. The summed E-state index contributed by atoms with van der Waals surface area (Å²) in [5.41, 5.74) is 2.95. The van der Waals surface area contributed by atoms with E-state index < -0.39 is 0 Å². The standard InChI is InChI=1S/C17H20BrI/c1-12-10-16(14-5-7-17(18)8-6-14)11-15(13(12)2)4-3-9-19/h3-5,7-8,10-14H,6,9H2,1-2H3/b4-3-/t12-,13-,14?/m0/s1. The molecule has 2 aliphatic carbocycles. The summed E-state index contributed by atoms with van der Waals surface area (Å²) in [5.74, 6) is 1.79. The smallest absolute Gasteiger partial charge is 0.0179 e. The average Bonchev–Trinajstić information content (AvgIpc) is 2.41. The first kappa shape index (κ1) is 15.3. The topological polar surface area (TPSA) is 0 Å². The lowest BCUT2D eigenvalue weighted by Gasteiger charge is -2.28. The molecule has 0 bridgehead atoms. The summed E-state index contributed by atoms with van der Waals surface area (Å²) in [6.45, 7) is 4.66. The van der Waals surface area contributed by atoms with Gasteiger partial charge in [0.25, 0.3) is 0 Å². The third-order valence-corrected chi connectivity index (χ3v) is 5.08. The van der Waals surface area contributed by atoms with E-state index in [4.69, 9.17) is 0 Å². The highest BCUT2D eigenvalue weighted by Crippen LogP contribution is 2.35. The van der Waals surface area contributed by atoms with Crippen LogP contribution < -0.4 is 0 Å². The maximum Gasteiger partial charge on any atom is 0.0179 e. The minimum atomic E-state index is 0.541. The van der Waals surface area contributed by atoms with Crippen molar-refractivity contribution in [3.8, 4) is 0 Å². The normalized spacial score (nSPS) is 31.2. The van der Waals surface area contributed by atoms with E-state index in [0.29, 0.717) is 17.8 Å². The first-order valence-corrected chi connectivity index (χ1v) is 9.13. The second-order valence-electron chi connectivity index (χ2n) is 5.31. The van der Waals surface area contributed by atoms with Crippen molar-refractivity contribution in [1.29, 1.82) is 0 Å². The van der Waals surface area contributed by atoms with Crippen LogP contribution in [0.2, 0.25) is 0 Å². The first-order valence-electron chi connectivity index (χ1n) is 6.81. The molecule has 2 rings (SSSR count). The van der Waals surface area contributed by atoms with Gasteiger partial charge in [-0.3, -0.25) is 0 Å². The summed E-state index contributed by atoms with van der Waals surface area (Å²) in [4.78, 5) is 0. The quantitative estimate of drug-likeness (QED) is 0.382. The molecule has 0 radical (unpaired) electrons. The lowest BCUT2D eigenvalue weighted by molar-refractivity contribution is 0.521. The van der Waals surface area contributed by atoms with Crippen molar-refractivity contribution in [2.24, 2.45) is 17.8 Å². The van der Waals surface area contributed by atoms with Gasteiger partial charge in [0, 0.05) is 14.8 Å². The number of hydrogen-bond acceptors (Lipinski definition) is 0.